The van der Waals surface area contributed by atoms with E-state index in [9.17, 15) is 9.59 Å². The first-order valence-corrected chi connectivity index (χ1v) is 8.73. The Morgan fingerprint density at radius 2 is 1.33 bits per heavy atom. The van der Waals surface area contributed by atoms with E-state index in [0.717, 1.165) is 5.56 Å². The number of halogens is 1. The zero-order chi connectivity index (χ0) is 19.1. The third-order valence-electron chi connectivity index (χ3n) is 3.82. The lowest BCUT2D eigenvalue weighted by atomic mass is 10.1. The average Bonchev–Trinajstić information content (AvgIpc) is 2.70. The van der Waals surface area contributed by atoms with Crippen LogP contribution in [0.3, 0.4) is 0 Å². The summed E-state index contributed by atoms with van der Waals surface area (Å²) < 4.78 is 0. The fraction of sp³-hybridized carbons (Fsp3) is 0.0476. The number of carbonyl (C=O) groups is 2. The van der Waals surface area contributed by atoms with Crippen LogP contribution < -0.4 is 16.0 Å². The van der Waals surface area contributed by atoms with Gasteiger partial charge in [0.15, 0.2) is 0 Å². The van der Waals surface area contributed by atoms with Crippen LogP contribution in [0.2, 0.25) is 5.02 Å². The van der Waals surface area contributed by atoms with Gasteiger partial charge < -0.3 is 16.0 Å². The van der Waals surface area contributed by atoms with Gasteiger partial charge in [-0.1, -0.05) is 60.1 Å². The summed E-state index contributed by atoms with van der Waals surface area (Å²) in [7, 11) is 0. The normalized spacial score (nSPS) is 11.3. The Labute approximate surface area is 162 Å². The van der Waals surface area contributed by atoms with Crippen molar-refractivity contribution in [3.8, 4) is 0 Å². The van der Waals surface area contributed by atoms with E-state index in [2.05, 4.69) is 16.0 Å². The Hall–Kier alpha value is -3.31. The topological polar surface area (TPSA) is 70.2 Å². The summed E-state index contributed by atoms with van der Waals surface area (Å²) in [5.74, 6) is -0.281. The van der Waals surface area contributed by atoms with Crippen molar-refractivity contribution in [2.24, 2.45) is 0 Å². The van der Waals surface area contributed by atoms with Crippen LogP contribution in [0.25, 0.3) is 0 Å². The molecule has 3 rings (SSSR count). The van der Waals surface area contributed by atoms with Crippen LogP contribution in [0.4, 0.5) is 10.5 Å². The first-order chi connectivity index (χ1) is 13.1. The maximum absolute atomic E-state index is 12.5. The molecule has 5 nitrogen and oxygen atoms in total. The zero-order valence-electron chi connectivity index (χ0n) is 14.4. The van der Waals surface area contributed by atoms with Crippen molar-refractivity contribution in [3.63, 3.8) is 0 Å². The lowest BCUT2D eigenvalue weighted by Crippen LogP contribution is -2.42. The van der Waals surface area contributed by atoms with Crippen LogP contribution in [0.1, 0.15) is 22.1 Å². The largest absolute Gasteiger partial charge is 0.328 e. The number of nitrogens with one attached hydrogen (secondary N) is 3. The molecule has 27 heavy (non-hydrogen) atoms. The summed E-state index contributed by atoms with van der Waals surface area (Å²) in [6, 6.07) is 24.4. The van der Waals surface area contributed by atoms with Crippen LogP contribution in [0.15, 0.2) is 84.9 Å². The smallest absolute Gasteiger partial charge is 0.321 e. The molecule has 0 aliphatic carbocycles. The molecule has 0 fully saturated rings. The van der Waals surface area contributed by atoms with E-state index in [1.807, 2.05) is 36.4 Å². The Kier molecular flexibility index (Phi) is 6.07. The number of amides is 3. The Balaban J connectivity index is 1.73. The number of anilines is 1. The fourth-order valence-electron chi connectivity index (χ4n) is 2.48. The van der Waals surface area contributed by atoms with Crippen molar-refractivity contribution in [1.29, 1.82) is 0 Å². The molecule has 1 unspecified atom stereocenters. The minimum atomic E-state index is -0.689. The van der Waals surface area contributed by atoms with Crippen LogP contribution in [0, 0.1) is 0 Å². The molecule has 1 atom stereocenters. The number of rotatable bonds is 5. The molecule has 3 N–H and O–H groups in total. The molecule has 0 saturated heterocycles. The summed E-state index contributed by atoms with van der Waals surface area (Å²) in [5, 5.41) is 8.93. The van der Waals surface area contributed by atoms with Gasteiger partial charge in [0.25, 0.3) is 5.91 Å². The highest BCUT2D eigenvalue weighted by Gasteiger charge is 2.18. The predicted octanol–water partition coefficient (Wildman–Crippen LogP) is 4.59. The van der Waals surface area contributed by atoms with Crippen LogP contribution in [-0.2, 0) is 0 Å². The van der Waals surface area contributed by atoms with Crippen molar-refractivity contribution in [3.05, 3.63) is 101 Å². The van der Waals surface area contributed by atoms with Gasteiger partial charge in [0, 0.05) is 16.3 Å². The lowest BCUT2D eigenvalue weighted by Gasteiger charge is -2.21. The van der Waals surface area contributed by atoms with Crippen LogP contribution >= 0.6 is 11.6 Å². The SMILES string of the molecule is O=C(Nc1ccc(Cl)cc1)NC(NC(=O)c1ccccc1)c1ccccc1. The third kappa shape index (κ3) is 5.33. The summed E-state index contributed by atoms with van der Waals surface area (Å²) in [6.45, 7) is 0. The van der Waals surface area contributed by atoms with Gasteiger partial charge in [-0.25, -0.2) is 4.79 Å². The molecule has 0 aromatic heterocycles. The van der Waals surface area contributed by atoms with Crippen molar-refractivity contribution < 1.29 is 9.59 Å². The summed E-state index contributed by atoms with van der Waals surface area (Å²) >= 11 is 5.85. The van der Waals surface area contributed by atoms with Crippen molar-refractivity contribution in [2.45, 2.75) is 6.17 Å². The van der Waals surface area contributed by atoms with Gasteiger partial charge in [0.1, 0.15) is 6.17 Å². The van der Waals surface area contributed by atoms with Crippen molar-refractivity contribution >= 4 is 29.2 Å². The molecule has 0 aliphatic rings. The number of carbonyl (C=O) groups excluding carboxylic acids is 2. The first-order valence-electron chi connectivity index (χ1n) is 8.36. The highest BCUT2D eigenvalue weighted by atomic mass is 35.5. The molecular weight excluding hydrogens is 362 g/mol. The summed E-state index contributed by atoms with van der Waals surface area (Å²) in [4.78, 5) is 24.9. The molecular formula is C21H18ClN3O2. The van der Waals surface area contributed by atoms with E-state index in [4.69, 9.17) is 11.6 Å². The maximum Gasteiger partial charge on any atom is 0.321 e. The summed E-state index contributed by atoms with van der Waals surface area (Å²) in [5.41, 5.74) is 1.87. The monoisotopic (exact) mass is 379 g/mol. The highest BCUT2D eigenvalue weighted by molar-refractivity contribution is 6.30. The van der Waals surface area contributed by atoms with Gasteiger partial charge in [-0.3, -0.25) is 4.79 Å². The quantitative estimate of drug-likeness (QED) is 0.567. The molecule has 6 heteroatoms. The van der Waals surface area contributed by atoms with Gasteiger partial charge in [-0.15, -0.1) is 0 Å². The Morgan fingerprint density at radius 1 is 0.741 bits per heavy atom. The van der Waals surface area contributed by atoms with E-state index in [1.54, 1.807) is 48.5 Å². The number of hydrogen-bond donors (Lipinski definition) is 3. The standard InChI is InChI=1S/C21H18ClN3O2/c22-17-11-13-18(14-12-17)23-21(27)25-19(15-7-3-1-4-8-15)24-20(26)16-9-5-2-6-10-16/h1-14,19H,(H,24,26)(H2,23,25,27). The molecule has 136 valence electrons. The lowest BCUT2D eigenvalue weighted by molar-refractivity contribution is 0.0932. The van der Waals surface area contributed by atoms with Gasteiger partial charge in [0.05, 0.1) is 0 Å². The Bertz CT molecular complexity index is 900. The second-order valence-electron chi connectivity index (χ2n) is 5.79. The molecule has 3 aromatic carbocycles. The number of urea groups is 1. The average molecular weight is 380 g/mol. The van der Waals surface area contributed by atoms with Gasteiger partial charge in [-0.2, -0.15) is 0 Å². The minimum absolute atomic E-state index is 0.281. The van der Waals surface area contributed by atoms with E-state index in [-0.39, 0.29) is 5.91 Å². The predicted molar refractivity (Wildman–Crippen MR) is 107 cm³/mol. The molecule has 0 aliphatic heterocycles. The number of benzene rings is 3. The highest BCUT2D eigenvalue weighted by Crippen LogP contribution is 2.15. The molecule has 0 spiro atoms. The van der Waals surface area contributed by atoms with Gasteiger partial charge in [-0.05, 0) is 42.0 Å². The summed E-state index contributed by atoms with van der Waals surface area (Å²) in [6.07, 6.45) is -0.689. The zero-order valence-corrected chi connectivity index (χ0v) is 15.1. The molecule has 0 radical (unpaired) electrons. The van der Waals surface area contributed by atoms with Crippen LogP contribution in [-0.4, -0.2) is 11.9 Å². The van der Waals surface area contributed by atoms with Gasteiger partial charge >= 0.3 is 6.03 Å². The molecule has 3 aromatic rings. The maximum atomic E-state index is 12.5. The minimum Gasteiger partial charge on any atom is -0.328 e. The van der Waals surface area contributed by atoms with Crippen molar-refractivity contribution in [2.75, 3.05) is 5.32 Å². The molecule has 0 saturated carbocycles. The fourth-order valence-corrected chi connectivity index (χ4v) is 2.61. The first kappa shape index (κ1) is 18.5. The van der Waals surface area contributed by atoms with Gasteiger partial charge in [0.2, 0.25) is 0 Å². The van der Waals surface area contributed by atoms with Crippen molar-refractivity contribution in [1.82, 2.24) is 10.6 Å². The Morgan fingerprint density at radius 3 is 1.96 bits per heavy atom. The second-order valence-corrected chi connectivity index (χ2v) is 6.22. The van der Waals surface area contributed by atoms with E-state index in [1.165, 1.54) is 0 Å². The number of hydrogen-bond acceptors (Lipinski definition) is 2. The van der Waals surface area contributed by atoms with E-state index < -0.39 is 12.2 Å². The van der Waals surface area contributed by atoms with E-state index >= 15 is 0 Å². The second kappa shape index (κ2) is 8.87. The molecule has 0 bridgehead atoms. The van der Waals surface area contributed by atoms with Crippen LogP contribution in [0.5, 0.6) is 0 Å². The molecule has 3 amide bonds. The third-order valence-corrected chi connectivity index (χ3v) is 4.07. The van der Waals surface area contributed by atoms with E-state index in [0.29, 0.717) is 16.3 Å². The molecule has 0 heterocycles.